The van der Waals surface area contributed by atoms with Crippen LogP contribution < -0.4 is 16.0 Å². The van der Waals surface area contributed by atoms with Gasteiger partial charge in [-0.25, -0.2) is 4.79 Å². The minimum Gasteiger partial charge on any atom is -0.350 e. The molecule has 23 heavy (non-hydrogen) atoms. The van der Waals surface area contributed by atoms with Gasteiger partial charge in [0.2, 0.25) is 0 Å². The van der Waals surface area contributed by atoms with Crippen LogP contribution in [0.1, 0.15) is 62.7 Å². The zero-order chi connectivity index (χ0) is 16.7. The smallest absolute Gasteiger partial charge is 0.319 e. The molecule has 1 fully saturated rings. The Balaban J connectivity index is 1.91. The average molecular weight is 317 g/mol. The van der Waals surface area contributed by atoms with Crippen molar-refractivity contribution in [1.29, 1.82) is 0 Å². The highest BCUT2D eigenvalue weighted by Crippen LogP contribution is 2.17. The lowest BCUT2D eigenvalue weighted by molar-refractivity contribution is 0.0939. The molecule has 5 heteroatoms. The van der Waals surface area contributed by atoms with Crippen molar-refractivity contribution < 1.29 is 9.59 Å². The molecule has 0 unspecified atom stereocenters. The molecule has 0 heterocycles. The Morgan fingerprint density at radius 2 is 1.96 bits per heavy atom. The largest absolute Gasteiger partial charge is 0.350 e. The van der Waals surface area contributed by atoms with Crippen LogP contribution >= 0.6 is 0 Å². The zero-order valence-electron chi connectivity index (χ0n) is 14.0. The van der Waals surface area contributed by atoms with Gasteiger partial charge in [-0.2, -0.15) is 0 Å². The van der Waals surface area contributed by atoms with Crippen LogP contribution in [-0.2, 0) is 0 Å². The van der Waals surface area contributed by atoms with E-state index in [0.29, 0.717) is 11.3 Å². The van der Waals surface area contributed by atoms with Crippen molar-refractivity contribution in [2.75, 3.05) is 5.32 Å². The standard InChI is InChI=1S/C18H27N3O2/c1-3-13(2)19-17(22)14-8-7-11-16(12-14)21-18(23)20-15-9-5-4-6-10-15/h7-8,11-13,15H,3-6,9-10H2,1-2H3,(H,19,22)(H2,20,21,23)/t13-/m1/s1. The van der Waals surface area contributed by atoms with E-state index in [0.717, 1.165) is 19.3 Å². The van der Waals surface area contributed by atoms with Gasteiger partial charge in [0, 0.05) is 23.3 Å². The Morgan fingerprint density at radius 1 is 1.22 bits per heavy atom. The van der Waals surface area contributed by atoms with Crippen molar-refractivity contribution in [2.24, 2.45) is 0 Å². The van der Waals surface area contributed by atoms with Crippen molar-refractivity contribution in [3.8, 4) is 0 Å². The summed E-state index contributed by atoms with van der Waals surface area (Å²) >= 11 is 0. The third-order valence-corrected chi connectivity index (χ3v) is 4.31. The van der Waals surface area contributed by atoms with Crippen molar-refractivity contribution in [1.82, 2.24) is 10.6 Å². The fourth-order valence-corrected chi connectivity index (χ4v) is 2.75. The third-order valence-electron chi connectivity index (χ3n) is 4.31. The summed E-state index contributed by atoms with van der Waals surface area (Å²) < 4.78 is 0. The molecule has 0 spiro atoms. The first-order valence-electron chi connectivity index (χ1n) is 8.57. The van der Waals surface area contributed by atoms with Crippen LogP contribution in [-0.4, -0.2) is 24.0 Å². The summed E-state index contributed by atoms with van der Waals surface area (Å²) in [6.07, 6.45) is 6.59. The monoisotopic (exact) mass is 317 g/mol. The summed E-state index contributed by atoms with van der Waals surface area (Å²) in [5, 5.41) is 8.75. The van der Waals surface area contributed by atoms with E-state index < -0.39 is 0 Å². The maximum Gasteiger partial charge on any atom is 0.319 e. The predicted octanol–water partition coefficient (Wildman–Crippen LogP) is 3.67. The molecule has 0 radical (unpaired) electrons. The number of anilines is 1. The molecule has 3 N–H and O–H groups in total. The van der Waals surface area contributed by atoms with Gasteiger partial charge in [0.15, 0.2) is 0 Å². The summed E-state index contributed by atoms with van der Waals surface area (Å²) in [6, 6.07) is 7.23. The maximum atomic E-state index is 12.1. The Hall–Kier alpha value is -2.04. The second kappa shape index (κ2) is 8.56. The van der Waals surface area contributed by atoms with Crippen molar-refractivity contribution >= 4 is 17.6 Å². The van der Waals surface area contributed by atoms with E-state index in [-0.39, 0.29) is 24.0 Å². The number of hydrogen-bond acceptors (Lipinski definition) is 2. The summed E-state index contributed by atoms with van der Waals surface area (Å²) in [6.45, 7) is 4.00. The molecule has 1 aliphatic carbocycles. The highest BCUT2D eigenvalue weighted by molar-refractivity contribution is 5.97. The molecule has 1 aliphatic rings. The number of amides is 3. The average Bonchev–Trinajstić information content (AvgIpc) is 2.55. The Kier molecular flexibility index (Phi) is 6.44. The molecule has 1 aromatic rings. The number of urea groups is 1. The molecule has 0 bridgehead atoms. The van der Waals surface area contributed by atoms with Gasteiger partial charge in [0.1, 0.15) is 0 Å². The summed E-state index contributed by atoms with van der Waals surface area (Å²) in [5.74, 6) is -0.115. The molecule has 0 aliphatic heterocycles. The molecule has 1 aromatic carbocycles. The lowest BCUT2D eigenvalue weighted by atomic mass is 9.96. The first kappa shape index (κ1) is 17.3. The predicted molar refractivity (Wildman–Crippen MR) is 92.7 cm³/mol. The quantitative estimate of drug-likeness (QED) is 0.775. The second-order valence-electron chi connectivity index (χ2n) is 6.30. The molecule has 5 nitrogen and oxygen atoms in total. The van der Waals surface area contributed by atoms with Crippen LogP contribution in [0.5, 0.6) is 0 Å². The molecule has 1 saturated carbocycles. The fraction of sp³-hybridized carbons (Fsp3) is 0.556. The van der Waals surface area contributed by atoms with Gasteiger partial charge in [-0.3, -0.25) is 4.79 Å². The van der Waals surface area contributed by atoms with Crippen LogP contribution in [0.15, 0.2) is 24.3 Å². The highest BCUT2D eigenvalue weighted by atomic mass is 16.2. The second-order valence-corrected chi connectivity index (χ2v) is 6.30. The van der Waals surface area contributed by atoms with Crippen LogP contribution in [0.2, 0.25) is 0 Å². The van der Waals surface area contributed by atoms with Gasteiger partial charge in [-0.1, -0.05) is 32.3 Å². The van der Waals surface area contributed by atoms with E-state index in [4.69, 9.17) is 0 Å². The Bertz CT molecular complexity index is 539. The number of rotatable bonds is 5. The van der Waals surface area contributed by atoms with Crippen LogP contribution in [0.3, 0.4) is 0 Å². The van der Waals surface area contributed by atoms with E-state index in [2.05, 4.69) is 16.0 Å². The third kappa shape index (κ3) is 5.58. The molecule has 0 aromatic heterocycles. The van der Waals surface area contributed by atoms with Gasteiger partial charge in [-0.15, -0.1) is 0 Å². The molecular formula is C18H27N3O2. The van der Waals surface area contributed by atoms with Crippen molar-refractivity contribution in [3.63, 3.8) is 0 Å². The summed E-state index contributed by atoms with van der Waals surface area (Å²) in [4.78, 5) is 24.2. The SMILES string of the molecule is CC[C@@H](C)NC(=O)c1cccc(NC(=O)NC2CCCCC2)c1. The number of carbonyl (C=O) groups excluding carboxylic acids is 2. The topological polar surface area (TPSA) is 70.2 Å². The van der Waals surface area contributed by atoms with E-state index >= 15 is 0 Å². The van der Waals surface area contributed by atoms with Gasteiger partial charge < -0.3 is 16.0 Å². The highest BCUT2D eigenvalue weighted by Gasteiger charge is 2.16. The summed E-state index contributed by atoms with van der Waals surface area (Å²) in [7, 11) is 0. The number of carbonyl (C=O) groups is 2. The van der Waals surface area contributed by atoms with Gasteiger partial charge in [0.25, 0.3) is 5.91 Å². The molecule has 126 valence electrons. The minimum absolute atomic E-state index is 0.115. The Morgan fingerprint density at radius 3 is 2.65 bits per heavy atom. The van der Waals surface area contributed by atoms with Crippen molar-refractivity contribution in [2.45, 2.75) is 64.5 Å². The van der Waals surface area contributed by atoms with Crippen LogP contribution in [0.25, 0.3) is 0 Å². The summed E-state index contributed by atoms with van der Waals surface area (Å²) in [5.41, 5.74) is 1.19. The Labute approximate surface area is 138 Å². The molecule has 3 amide bonds. The van der Waals surface area contributed by atoms with Crippen LogP contribution in [0.4, 0.5) is 10.5 Å². The lowest BCUT2D eigenvalue weighted by Gasteiger charge is -2.22. The minimum atomic E-state index is -0.198. The first-order valence-corrected chi connectivity index (χ1v) is 8.57. The number of nitrogens with one attached hydrogen (secondary N) is 3. The maximum absolute atomic E-state index is 12.1. The number of benzene rings is 1. The van der Waals surface area contributed by atoms with E-state index in [1.807, 2.05) is 13.8 Å². The normalized spacial score (nSPS) is 16.4. The van der Waals surface area contributed by atoms with Crippen molar-refractivity contribution in [3.05, 3.63) is 29.8 Å². The van der Waals surface area contributed by atoms with E-state index in [9.17, 15) is 9.59 Å². The molecule has 0 saturated heterocycles. The molecule has 2 rings (SSSR count). The van der Waals surface area contributed by atoms with Gasteiger partial charge in [0.05, 0.1) is 0 Å². The molecular weight excluding hydrogens is 290 g/mol. The lowest BCUT2D eigenvalue weighted by Crippen LogP contribution is -2.39. The zero-order valence-corrected chi connectivity index (χ0v) is 14.0. The van der Waals surface area contributed by atoms with Gasteiger partial charge >= 0.3 is 6.03 Å². The van der Waals surface area contributed by atoms with Crippen LogP contribution in [0, 0.1) is 0 Å². The fourth-order valence-electron chi connectivity index (χ4n) is 2.75. The van der Waals surface area contributed by atoms with E-state index in [1.165, 1.54) is 19.3 Å². The van der Waals surface area contributed by atoms with Gasteiger partial charge in [-0.05, 0) is 44.4 Å². The first-order chi connectivity index (χ1) is 11.1. The molecule has 1 atom stereocenters. The van der Waals surface area contributed by atoms with E-state index in [1.54, 1.807) is 24.3 Å². The number of hydrogen-bond donors (Lipinski definition) is 3.